The van der Waals surface area contributed by atoms with E-state index in [1.807, 2.05) is 70.4 Å². The van der Waals surface area contributed by atoms with Crippen LogP contribution in [0.25, 0.3) is 52.2 Å². The van der Waals surface area contributed by atoms with Crippen LogP contribution in [0.15, 0.2) is 35.4 Å². The maximum Gasteiger partial charge on any atom is 0.139 e. The molecule has 0 amide bonds. The molecule has 0 atom stereocenters. The van der Waals surface area contributed by atoms with Gasteiger partial charge in [0.05, 0.1) is 32.5 Å². The summed E-state index contributed by atoms with van der Waals surface area (Å²) in [5.41, 5.74) is 6.52. The third-order valence-corrected chi connectivity index (χ3v) is 18.1. The first-order valence-corrected chi connectivity index (χ1v) is 24.0. The molecule has 286 valence electrons. The summed E-state index contributed by atoms with van der Waals surface area (Å²) in [6.45, 7) is 5.44. The largest absolute Gasteiger partial charge is 0.492 e. The van der Waals surface area contributed by atoms with Gasteiger partial charge in [0.15, 0.2) is 0 Å². The van der Waals surface area contributed by atoms with Gasteiger partial charge >= 0.3 is 0 Å². The van der Waals surface area contributed by atoms with E-state index in [-0.39, 0.29) is 22.0 Å². The second-order valence-electron chi connectivity index (χ2n) is 15.4. The molecule has 5 aromatic heterocycles. The van der Waals surface area contributed by atoms with Crippen molar-refractivity contribution in [3.8, 4) is 55.3 Å². The van der Waals surface area contributed by atoms with E-state index >= 15 is 0 Å². The summed E-state index contributed by atoms with van der Waals surface area (Å²) >= 11 is 9.07. The Morgan fingerprint density at radius 2 is 1.11 bits per heavy atom. The number of fused-ring (bicyclic) bond motifs is 10. The van der Waals surface area contributed by atoms with Crippen molar-refractivity contribution in [2.75, 3.05) is 13.2 Å². The average molecular weight is 841 g/mol. The van der Waals surface area contributed by atoms with Crippen molar-refractivity contribution in [1.29, 1.82) is 21.0 Å². The summed E-state index contributed by atoms with van der Waals surface area (Å²) in [6, 6.07) is 17.0. The SMILES string of the molecule is CCCOc1cc(C=C(C#N)C#N)sc1-c1cc2c(s1)C1=C(c3sc4cc(-c5sc(C=C(C#N)C#N)cc5OCCC)sc4c3C13CCCCC3)C21CCCCC1. The van der Waals surface area contributed by atoms with E-state index in [0.29, 0.717) is 13.2 Å². The molecule has 6 nitrogen and oxygen atoms in total. The van der Waals surface area contributed by atoms with Crippen molar-refractivity contribution in [3.05, 3.63) is 66.0 Å². The highest BCUT2D eigenvalue weighted by Crippen LogP contribution is 2.73. The fourth-order valence-corrected chi connectivity index (χ4v) is 16.5. The molecule has 2 saturated carbocycles. The highest BCUT2D eigenvalue weighted by Gasteiger charge is 2.59. The standard InChI is InChI=1S/C46H40N4O2S5/c1-3-15-51-32-19-29(17-27(23-47)24-48)53-41(32)34-21-31-40(55-34)37-38(45(31)11-7-5-8-12-45)44-39(46(37)13-9-6-10-14-46)43-36(57-44)22-35(56-43)42-33(52-16-4-2)20-30(54-42)18-28(25-49)26-50/h17-22H,3-16H2,1-2H3. The number of hydrogen-bond acceptors (Lipinski definition) is 11. The summed E-state index contributed by atoms with van der Waals surface area (Å²) in [7, 11) is 0. The highest BCUT2D eigenvalue weighted by atomic mass is 32.1. The van der Waals surface area contributed by atoms with Gasteiger partial charge in [-0.25, -0.2) is 0 Å². The minimum Gasteiger partial charge on any atom is -0.492 e. The van der Waals surface area contributed by atoms with E-state index in [9.17, 15) is 21.0 Å². The molecule has 9 rings (SSSR count). The second-order valence-corrected chi connectivity index (χ2v) is 20.8. The molecule has 0 unspecified atom stereocenters. The number of ether oxygens (including phenoxy) is 2. The predicted octanol–water partition coefficient (Wildman–Crippen LogP) is 14.3. The third kappa shape index (κ3) is 6.14. The Morgan fingerprint density at radius 3 is 1.63 bits per heavy atom. The molecule has 0 saturated heterocycles. The first kappa shape index (κ1) is 38.1. The number of rotatable bonds is 10. The monoisotopic (exact) mass is 840 g/mol. The van der Waals surface area contributed by atoms with Crippen LogP contribution >= 0.6 is 56.7 Å². The molecular weight excluding hydrogens is 801 g/mol. The van der Waals surface area contributed by atoms with Gasteiger partial charge in [0.2, 0.25) is 0 Å². The van der Waals surface area contributed by atoms with Crippen LogP contribution in [0.4, 0.5) is 0 Å². The zero-order valence-electron chi connectivity index (χ0n) is 32.0. The van der Waals surface area contributed by atoms with Gasteiger partial charge in [0, 0.05) is 39.9 Å². The zero-order valence-corrected chi connectivity index (χ0v) is 36.1. The van der Waals surface area contributed by atoms with E-state index in [0.717, 1.165) is 56.7 Å². The van der Waals surface area contributed by atoms with Gasteiger partial charge in [-0.15, -0.1) is 56.7 Å². The molecule has 5 aromatic rings. The first-order chi connectivity index (χ1) is 27.9. The Bertz CT molecular complexity index is 2650. The fourth-order valence-electron chi connectivity index (χ4n) is 9.76. The smallest absolute Gasteiger partial charge is 0.139 e. The summed E-state index contributed by atoms with van der Waals surface area (Å²) in [4.78, 5) is 9.32. The van der Waals surface area contributed by atoms with Crippen LogP contribution in [0.5, 0.6) is 11.5 Å². The molecule has 0 N–H and O–H groups in total. The summed E-state index contributed by atoms with van der Waals surface area (Å²) in [5, 5.41) is 38.0. The number of nitriles is 4. The van der Waals surface area contributed by atoms with Gasteiger partial charge < -0.3 is 9.47 Å². The van der Waals surface area contributed by atoms with Crippen LogP contribution in [0.1, 0.15) is 122 Å². The molecule has 0 radical (unpaired) electrons. The Morgan fingerprint density at radius 1 is 0.596 bits per heavy atom. The summed E-state index contributed by atoms with van der Waals surface area (Å²) in [5.74, 6) is 1.66. The van der Waals surface area contributed by atoms with Crippen LogP contribution in [0, 0.1) is 45.3 Å². The van der Waals surface area contributed by atoms with Crippen LogP contribution < -0.4 is 9.47 Å². The molecule has 4 aliphatic rings. The second kappa shape index (κ2) is 15.4. The van der Waals surface area contributed by atoms with Crippen LogP contribution in [0.3, 0.4) is 0 Å². The third-order valence-electron chi connectivity index (χ3n) is 12.0. The Balaban J connectivity index is 1.21. The number of thiophene rings is 5. The minimum absolute atomic E-state index is 0.00226. The van der Waals surface area contributed by atoms with Crippen molar-refractivity contribution >= 4 is 89.4 Å². The maximum atomic E-state index is 9.53. The molecule has 57 heavy (non-hydrogen) atoms. The summed E-state index contributed by atoms with van der Waals surface area (Å²) < 4.78 is 15.4. The van der Waals surface area contributed by atoms with E-state index < -0.39 is 0 Å². The Hall–Kier alpha value is -4.46. The van der Waals surface area contributed by atoms with Crippen LogP contribution in [0.2, 0.25) is 0 Å². The predicted molar refractivity (Wildman–Crippen MR) is 237 cm³/mol. The van der Waals surface area contributed by atoms with E-state index in [1.54, 1.807) is 51.5 Å². The lowest BCUT2D eigenvalue weighted by molar-refractivity contribution is 0.320. The Labute approximate surface area is 353 Å². The lowest BCUT2D eigenvalue weighted by Crippen LogP contribution is -2.28. The van der Waals surface area contributed by atoms with Gasteiger partial charge in [-0.05, 0) is 97.2 Å². The van der Waals surface area contributed by atoms with Crippen molar-refractivity contribution in [3.63, 3.8) is 0 Å². The fraction of sp³-hybridized carbons (Fsp3) is 0.391. The lowest BCUT2D eigenvalue weighted by atomic mass is 9.67. The quantitative estimate of drug-likeness (QED) is 0.129. The van der Waals surface area contributed by atoms with Crippen molar-refractivity contribution in [2.45, 2.75) is 102 Å². The average Bonchev–Trinajstić information content (AvgIpc) is 4.10. The number of hydrogen-bond donors (Lipinski definition) is 0. The minimum atomic E-state index is -0.0279. The van der Waals surface area contributed by atoms with E-state index in [1.165, 1.54) is 85.8 Å². The topological polar surface area (TPSA) is 114 Å². The zero-order chi connectivity index (χ0) is 39.3. The van der Waals surface area contributed by atoms with Crippen LogP contribution in [-0.4, -0.2) is 13.2 Å². The van der Waals surface area contributed by atoms with Gasteiger partial charge in [-0.2, -0.15) is 21.0 Å². The van der Waals surface area contributed by atoms with Crippen LogP contribution in [-0.2, 0) is 10.8 Å². The van der Waals surface area contributed by atoms with E-state index in [2.05, 4.69) is 26.0 Å². The van der Waals surface area contributed by atoms with Crippen molar-refractivity contribution < 1.29 is 9.47 Å². The van der Waals surface area contributed by atoms with Crippen molar-refractivity contribution in [2.24, 2.45) is 0 Å². The van der Waals surface area contributed by atoms with Gasteiger partial charge in [0.1, 0.15) is 46.9 Å². The normalized spacial score (nSPS) is 17.0. The number of allylic oxidation sites excluding steroid dienone is 4. The Kier molecular flexibility index (Phi) is 10.3. The molecule has 0 aromatic carbocycles. The van der Waals surface area contributed by atoms with E-state index in [4.69, 9.17) is 9.47 Å². The molecular formula is C46H40N4O2S5. The molecule has 2 fully saturated rings. The maximum absolute atomic E-state index is 9.53. The van der Waals surface area contributed by atoms with Crippen molar-refractivity contribution in [1.82, 2.24) is 0 Å². The van der Waals surface area contributed by atoms with Gasteiger partial charge in [-0.1, -0.05) is 52.4 Å². The number of nitrogens with zero attached hydrogens (tertiary/aromatic N) is 4. The first-order valence-electron chi connectivity index (χ1n) is 20.0. The molecule has 11 heteroatoms. The molecule has 0 bridgehead atoms. The lowest BCUT2D eigenvalue weighted by Gasteiger charge is -2.37. The molecule has 0 aliphatic heterocycles. The summed E-state index contributed by atoms with van der Waals surface area (Å²) in [6.07, 6.45) is 17.3. The van der Waals surface area contributed by atoms with Gasteiger partial charge in [-0.3, -0.25) is 0 Å². The molecule has 5 heterocycles. The molecule has 2 spiro atoms. The van der Waals surface area contributed by atoms with Gasteiger partial charge in [0.25, 0.3) is 0 Å². The molecule has 4 aliphatic carbocycles. The highest BCUT2D eigenvalue weighted by molar-refractivity contribution is 7.32.